The number of anilines is 1. The number of nitrogens with zero attached hydrogens (tertiary/aromatic N) is 2. The van der Waals surface area contributed by atoms with Gasteiger partial charge in [-0.25, -0.2) is 15.0 Å². The largest absolute Gasteiger partial charge is 0.390 e. The number of nitrogens with one attached hydrogen (secondary N) is 1. The van der Waals surface area contributed by atoms with E-state index in [4.69, 9.17) is 14.7 Å². The molecule has 0 amide bonds. The summed E-state index contributed by atoms with van der Waals surface area (Å²) in [6, 6.07) is 10.7. The summed E-state index contributed by atoms with van der Waals surface area (Å²) in [5, 5.41) is 14.8. The van der Waals surface area contributed by atoms with Crippen LogP contribution in [0.4, 0.5) is 5.82 Å². The smallest absolute Gasteiger partial charge is 0.362 e. The van der Waals surface area contributed by atoms with Crippen molar-refractivity contribution in [3.8, 4) is 0 Å². The molecule has 2 aromatic rings. The Kier molecular flexibility index (Phi) is 5.53. The molecule has 1 heterocycles. The molecular weight excluding hydrogens is 346 g/mol. The molecule has 3 rings (SSSR count). The van der Waals surface area contributed by atoms with E-state index in [0.717, 1.165) is 5.69 Å². The second kappa shape index (κ2) is 7.70. The van der Waals surface area contributed by atoms with Crippen LogP contribution in [0.3, 0.4) is 0 Å². The molecule has 3 atom stereocenters. The third kappa shape index (κ3) is 4.31. The van der Waals surface area contributed by atoms with Crippen molar-refractivity contribution in [1.82, 2.24) is 9.78 Å². The fourth-order valence-corrected chi connectivity index (χ4v) is 3.39. The molecule has 27 heavy (non-hydrogen) atoms. The van der Waals surface area contributed by atoms with Gasteiger partial charge >= 0.3 is 5.97 Å². The third-order valence-corrected chi connectivity index (χ3v) is 4.81. The molecule has 1 fully saturated rings. The van der Waals surface area contributed by atoms with Crippen LogP contribution < -0.4 is 5.48 Å². The fraction of sp³-hybridized carbons (Fsp3) is 0.500. The molecule has 0 saturated heterocycles. The van der Waals surface area contributed by atoms with Crippen LogP contribution in [0.2, 0.25) is 0 Å². The highest BCUT2D eigenvalue weighted by Gasteiger charge is 2.36. The minimum atomic E-state index is -0.493. The maximum Gasteiger partial charge on any atom is 0.362 e. The number of aliphatic hydroxyl groups is 1. The minimum absolute atomic E-state index is 0.0962. The quantitative estimate of drug-likeness (QED) is 0.784. The monoisotopic (exact) mass is 373 g/mol. The average molecular weight is 373 g/mol. The molecule has 1 aliphatic carbocycles. The number of ether oxygens (including phenoxy) is 1. The van der Waals surface area contributed by atoms with Crippen LogP contribution in [0.25, 0.3) is 0 Å². The van der Waals surface area contributed by atoms with E-state index < -0.39 is 12.1 Å². The van der Waals surface area contributed by atoms with Gasteiger partial charge in [0.2, 0.25) is 0 Å². The van der Waals surface area contributed by atoms with Crippen LogP contribution in [0, 0.1) is 0 Å². The van der Waals surface area contributed by atoms with E-state index in [1.165, 1.54) is 0 Å². The Bertz CT molecular complexity index is 782. The third-order valence-electron chi connectivity index (χ3n) is 4.81. The van der Waals surface area contributed by atoms with Crippen LogP contribution >= 0.6 is 0 Å². The molecule has 7 heteroatoms. The lowest BCUT2D eigenvalue weighted by Gasteiger charge is -2.22. The maximum atomic E-state index is 12.2. The zero-order valence-electron chi connectivity index (χ0n) is 16.2. The van der Waals surface area contributed by atoms with Crippen molar-refractivity contribution in [1.29, 1.82) is 0 Å². The predicted molar refractivity (Wildman–Crippen MR) is 101 cm³/mol. The summed E-state index contributed by atoms with van der Waals surface area (Å²) in [6.45, 7) is 6.07. The van der Waals surface area contributed by atoms with Crippen LogP contribution in [0.1, 0.15) is 55.6 Å². The van der Waals surface area contributed by atoms with E-state index in [1.807, 2.05) is 32.9 Å². The van der Waals surface area contributed by atoms with Gasteiger partial charge < -0.3 is 14.7 Å². The molecule has 0 unspecified atom stereocenters. The summed E-state index contributed by atoms with van der Waals surface area (Å²) in [6.07, 6.45) is 0.638. The van der Waals surface area contributed by atoms with Gasteiger partial charge in [-0.1, -0.05) is 18.2 Å². The highest BCUT2D eigenvalue weighted by Crippen LogP contribution is 2.37. The first-order chi connectivity index (χ1) is 12.8. The van der Waals surface area contributed by atoms with Crippen molar-refractivity contribution in [2.45, 2.75) is 57.3 Å². The highest BCUT2D eigenvalue weighted by atomic mass is 16.7. The Labute approximate surface area is 159 Å². The van der Waals surface area contributed by atoms with E-state index >= 15 is 0 Å². The molecule has 0 radical (unpaired) electrons. The first kappa shape index (κ1) is 19.4. The second-order valence-corrected chi connectivity index (χ2v) is 7.90. The minimum Gasteiger partial charge on any atom is -0.390 e. The molecule has 0 spiro atoms. The lowest BCUT2D eigenvalue weighted by molar-refractivity contribution is 0.00981. The van der Waals surface area contributed by atoms with Crippen molar-refractivity contribution < 1.29 is 19.5 Å². The van der Waals surface area contributed by atoms with Gasteiger partial charge in [0.05, 0.1) is 29.0 Å². The van der Waals surface area contributed by atoms with Crippen molar-refractivity contribution in [2.24, 2.45) is 0 Å². The Hall–Kier alpha value is -2.38. The molecule has 1 aromatic heterocycles. The Morgan fingerprint density at radius 3 is 2.56 bits per heavy atom. The van der Waals surface area contributed by atoms with Gasteiger partial charge in [0.25, 0.3) is 0 Å². The van der Waals surface area contributed by atoms with Gasteiger partial charge in [0, 0.05) is 19.1 Å². The molecule has 0 aliphatic heterocycles. The topological polar surface area (TPSA) is 85.6 Å². The molecule has 1 aromatic carbocycles. The SMILES string of the molecule is CO[C@@H]1C[C@H](c2cc(NOC(=O)c3ccccc3)n(C(C)(C)C)n2)C[C@H]1O. The van der Waals surface area contributed by atoms with Crippen LogP contribution in [-0.4, -0.2) is 40.2 Å². The van der Waals surface area contributed by atoms with Crippen LogP contribution in [0.5, 0.6) is 0 Å². The molecule has 146 valence electrons. The number of carbonyl (C=O) groups excluding carboxylic acids is 1. The maximum absolute atomic E-state index is 12.2. The molecule has 1 saturated carbocycles. The molecular formula is C20H27N3O4. The van der Waals surface area contributed by atoms with E-state index in [2.05, 4.69) is 5.48 Å². The number of aliphatic hydroxyl groups excluding tert-OH is 1. The van der Waals surface area contributed by atoms with Gasteiger partial charge in [0.1, 0.15) is 0 Å². The van der Waals surface area contributed by atoms with E-state index in [1.54, 1.807) is 36.1 Å². The summed E-state index contributed by atoms with van der Waals surface area (Å²) in [5.41, 5.74) is 3.76. The fourth-order valence-electron chi connectivity index (χ4n) is 3.39. The normalized spacial score (nSPS) is 22.6. The number of carbonyl (C=O) groups is 1. The number of methoxy groups -OCH3 is 1. The number of aromatic nitrogens is 2. The number of rotatable bonds is 5. The van der Waals surface area contributed by atoms with Crippen molar-refractivity contribution in [2.75, 3.05) is 12.6 Å². The lowest BCUT2D eigenvalue weighted by atomic mass is 10.0. The number of benzene rings is 1. The zero-order valence-corrected chi connectivity index (χ0v) is 16.2. The first-order valence-corrected chi connectivity index (χ1v) is 9.13. The predicted octanol–water partition coefficient (Wildman–Crippen LogP) is 3.08. The summed E-state index contributed by atoms with van der Waals surface area (Å²) in [7, 11) is 1.61. The summed E-state index contributed by atoms with van der Waals surface area (Å²) >= 11 is 0. The van der Waals surface area contributed by atoms with Gasteiger partial charge in [0.15, 0.2) is 5.82 Å². The Morgan fingerprint density at radius 1 is 1.26 bits per heavy atom. The van der Waals surface area contributed by atoms with Crippen LogP contribution in [-0.2, 0) is 15.1 Å². The molecule has 0 bridgehead atoms. The number of hydrogen-bond donors (Lipinski definition) is 2. The Morgan fingerprint density at radius 2 is 1.96 bits per heavy atom. The summed E-state index contributed by atoms with van der Waals surface area (Å²) in [4.78, 5) is 17.5. The van der Waals surface area contributed by atoms with E-state index in [-0.39, 0.29) is 17.6 Å². The Balaban J connectivity index is 1.78. The second-order valence-electron chi connectivity index (χ2n) is 7.90. The van der Waals surface area contributed by atoms with Gasteiger partial charge in [-0.15, -0.1) is 0 Å². The lowest BCUT2D eigenvalue weighted by Crippen LogP contribution is -2.26. The molecule has 1 aliphatic rings. The van der Waals surface area contributed by atoms with Gasteiger partial charge in [-0.3, -0.25) is 0 Å². The summed E-state index contributed by atoms with van der Waals surface area (Å²) < 4.78 is 7.14. The van der Waals surface area contributed by atoms with Crippen molar-refractivity contribution in [3.05, 3.63) is 47.7 Å². The van der Waals surface area contributed by atoms with Crippen molar-refractivity contribution in [3.63, 3.8) is 0 Å². The van der Waals surface area contributed by atoms with E-state index in [9.17, 15) is 9.90 Å². The van der Waals surface area contributed by atoms with Gasteiger partial charge in [-0.2, -0.15) is 5.10 Å². The van der Waals surface area contributed by atoms with E-state index in [0.29, 0.717) is 24.2 Å². The average Bonchev–Trinajstić information content (AvgIpc) is 3.23. The molecule has 2 N–H and O–H groups in total. The van der Waals surface area contributed by atoms with Crippen molar-refractivity contribution >= 4 is 11.8 Å². The van der Waals surface area contributed by atoms with Crippen LogP contribution in [0.15, 0.2) is 36.4 Å². The molecule has 7 nitrogen and oxygen atoms in total. The highest BCUT2D eigenvalue weighted by molar-refractivity contribution is 5.89. The standard InChI is InChI=1S/C20H27N3O4/c1-20(2,3)23-18(22-27-19(25)13-8-6-5-7-9-13)12-15(21-23)14-10-16(24)17(11-14)26-4/h5-9,12,14,16-17,22,24H,10-11H2,1-4H3/t14-,16-,17-/m1/s1. The summed E-state index contributed by atoms with van der Waals surface area (Å²) in [5.74, 6) is 0.227. The zero-order chi connectivity index (χ0) is 19.6. The first-order valence-electron chi connectivity index (χ1n) is 9.13. The number of hydrogen-bond acceptors (Lipinski definition) is 6. The van der Waals surface area contributed by atoms with Gasteiger partial charge in [-0.05, 0) is 45.7 Å².